The molecule has 0 fully saturated rings. The lowest BCUT2D eigenvalue weighted by Gasteiger charge is -2.16. The van der Waals surface area contributed by atoms with Gasteiger partial charge in [0.05, 0.1) is 25.4 Å². The molecule has 0 heterocycles. The van der Waals surface area contributed by atoms with Gasteiger partial charge in [0.25, 0.3) is 0 Å². The van der Waals surface area contributed by atoms with Gasteiger partial charge in [0.15, 0.2) is 15.1 Å². The molecule has 0 aromatic heterocycles. The van der Waals surface area contributed by atoms with Crippen molar-refractivity contribution in [2.24, 2.45) is 0 Å². The maximum atomic E-state index is 12.6. The molecule has 0 bridgehead atoms. The molecule has 0 radical (unpaired) electrons. The zero-order valence-electron chi connectivity index (χ0n) is 13.6. The molecule has 0 aliphatic heterocycles. The molecule has 1 atom stereocenters. The van der Waals surface area contributed by atoms with Crippen molar-refractivity contribution in [1.29, 1.82) is 0 Å². The first-order chi connectivity index (χ1) is 10.8. The van der Waals surface area contributed by atoms with E-state index in [1.165, 1.54) is 0 Å². The monoisotopic (exact) mass is 342 g/mol. The van der Waals surface area contributed by atoms with Crippen LogP contribution in [0.2, 0.25) is 0 Å². The van der Waals surface area contributed by atoms with Crippen molar-refractivity contribution in [1.82, 2.24) is 0 Å². The van der Waals surface area contributed by atoms with Crippen molar-refractivity contribution < 1.29 is 27.5 Å². The number of hydrogen-bond acceptors (Lipinski definition) is 6. The summed E-state index contributed by atoms with van der Waals surface area (Å²) < 4.78 is 34.7. The van der Waals surface area contributed by atoms with Crippen LogP contribution in [0, 0.1) is 6.92 Å². The molecule has 1 aromatic carbocycles. The van der Waals surface area contributed by atoms with Crippen LogP contribution < -0.4 is 0 Å². The van der Waals surface area contributed by atoms with Crippen molar-refractivity contribution in [3.8, 4) is 0 Å². The first kappa shape index (κ1) is 19.2. The van der Waals surface area contributed by atoms with Crippen molar-refractivity contribution >= 4 is 21.8 Å². The van der Waals surface area contributed by atoms with Gasteiger partial charge in [-0.2, -0.15) is 0 Å². The normalized spacial score (nSPS) is 12.5. The van der Waals surface area contributed by atoms with E-state index in [1.807, 2.05) is 13.0 Å². The van der Waals surface area contributed by atoms with Crippen LogP contribution in [0.5, 0.6) is 0 Å². The van der Waals surface area contributed by atoms with Crippen LogP contribution in [-0.2, 0) is 34.7 Å². The lowest BCUT2D eigenvalue weighted by atomic mass is 10.2. The summed E-state index contributed by atoms with van der Waals surface area (Å²) in [7, 11) is -3.90. The predicted molar refractivity (Wildman–Crippen MR) is 85.5 cm³/mol. The Labute approximate surface area is 136 Å². The number of ether oxygens (including phenoxy) is 2. The highest BCUT2D eigenvalue weighted by molar-refractivity contribution is 7.92. The Balaban J connectivity index is 3.02. The van der Waals surface area contributed by atoms with Gasteiger partial charge in [-0.15, -0.1) is 0 Å². The molecule has 7 heteroatoms. The summed E-state index contributed by atoms with van der Waals surface area (Å²) >= 11 is 0. The molecule has 23 heavy (non-hydrogen) atoms. The lowest BCUT2D eigenvalue weighted by Crippen LogP contribution is -2.35. The number of hydrogen-bond donors (Lipinski definition) is 0. The molecule has 6 nitrogen and oxygen atoms in total. The van der Waals surface area contributed by atoms with E-state index in [0.717, 1.165) is 5.56 Å². The summed E-state index contributed by atoms with van der Waals surface area (Å²) in [4.78, 5) is 23.6. The van der Waals surface area contributed by atoms with Gasteiger partial charge in [0.2, 0.25) is 0 Å². The van der Waals surface area contributed by atoms with Crippen molar-refractivity contribution in [3.63, 3.8) is 0 Å². The fourth-order valence-electron chi connectivity index (χ4n) is 2.10. The molecule has 0 amide bonds. The van der Waals surface area contributed by atoms with Gasteiger partial charge in [-0.25, -0.2) is 8.42 Å². The number of esters is 2. The largest absolute Gasteiger partial charge is 0.466 e. The summed E-state index contributed by atoms with van der Waals surface area (Å²) in [6.45, 7) is 5.19. The summed E-state index contributed by atoms with van der Waals surface area (Å²) in [6.07, 6.45) is -0.541. The van der Waals surface area contributed by atoms with Crippen LogP contribution in [0.4, 0.5) is 0 Å². The number of carbonyl (C=O) groups is 2. The van der Waals surface area contributed by atoms with E-state index in [0.29, 0.717) is 5.56 Å². The molecule has 0 saturated carbocycles. The second kappa shape index (κ2) is 8.67. The minimum Gasteiger partial charge on any atom is -0.466 e. The van der Waals surface area contributed by atoms with Gasteiger partial charge in [0.1, 0.15) is 0 Å². The summed E-state index contributed by atoms with van der Waals surface area (Å²) in [6, 6.07) is 6.98. The standard InChI is InChI=1S/C16H22O6S/c1-4-21-15(17)10-14(16(18)22-5-2)23(19,20)11-13-8-6-7-12(3)9-13/h6-9,14H,4-5,10-11H2,1-3H3. The third kappa shape index (κ3) is 6.02. The molecule has 1 unspecified atom stereocenters. The molecular formula is C16H22O6S. The quantitative estimate of drug-likeness (QED) is 0.670. The predicted octanol–water partition coefficient (Wildman–Crippen LogP) is 1.79. The molecule has 128 valence electrons. The zero-order valence-corrected chi connectivity index (χ0v) is 14.4. The Morgan fingerprint density at radius 1 is 1.13 bits per heavy atom. The Hall–Kier alpha value is -1.89. The van der Waals surface area contributed by atoms with Crippen LogP contribution in [-0.4, -0.2) is 38.8 Å². The Morgan fingerprint density at radius 3 is 2.35 bits per heavy atom. The molecule has 0 aliphatic carbocycles. The average molecular weight is 342 g/mol. The maximum absolute atomic E-state index is 12.6. The van der Waals surface area contributed by atoms with Crippen LogP contribution in [0.15, 0.2) is 24.3 Å². The van der Waals surface area contributed by atoms with Gasteiger partial charge >= 0.3 is 11.9 Å². The number of carbonyl (C=O) groups excluding carboxylic acids is 2. The summed E-state index contributed by atoms with van der Waals surface area (Å²) in [5.74, 6) is -2.00. The first-order valence-corrected chi connectivity index (χ1v) is 9.11. The second-order valence-corrected chi connectivity index (χ2v) is 7.23. The van der Waals surface area contributed by atoms with Crippen molar-refractivity contribution in [2.75, 3.05) is 13.2 Å². The fourth-order valence-corrected chi connectivity index (χ4v) is 3.69. The van der Waals surface area contributed by atoms with Crippen LogP contribution in [0.3, 0.4) is 0 Å². The van der Waals surface area contributed by atoms with E-state index in [1.54, 1.807) is 32.0 Å². The van der Waals surface area contributed by atoms with Crippen LogP contribution in [0.1, 0.15) is 31.4 Å². The van der Waals surface area contributed by atoms with Gasteiger partial charge in [-0.1, -0.05) is 29.8 Å². The van der Waals surface area contributed by atoms with Gasteiger partial charge < -0.3 is 9.47 Å². The highest BCUT2D eigenvalue weighted by Crippen LogP contribution is 2.17. The van der Waals surface area contributed by atoms with Crippen molar-refractivity contribution in [3.05, 3.63) is 35.4 Å². The van der Waals surface area contributed by atoms with Crippen LogP contribution >= 0.6 is 0 Å². The second-order valence-electron chi connectivity index (χ2n) is 5.05. The van der Waals surface area contributed by atoms with E-state index in [4.69, 9.17) is 9.47 Å². The molecule has 0 aliphatic rings. The lowest BCUT2D eigenvalue weighted by molar-refractivity contribution is -0.149. The highest BCUT2D eigenvalue weighted by atomic mass is 32.2. The fraction of sp³-hybridized carbons (Fsp3) is 0.500. The summed E-state index contributed by atoms with van der Waals surface area (Å²) in [5, 5.41) is -1.55. The minimum atomic E-state index is -3.90. The SMILES string of the molecule is CCOC(=O)CC(C(=O)OCC)S(=O)(=O)Cc1cccc(C)c1. The topological polar surface area (TPSA) is 86.7 Å². The number of rotatable bonds is 8. The highest BCUT2D eigenvalue weighted by Gasteiger charge is 2.36. The van der Waals surface area contributed by atoms with E-state index in [-0.39, 0.29) is 19.0 Å². The minimum absolute atomic E-state index is 0.0398. The van der Waals surface area contributed by atoms with E-state index < -0.39 is 33.4 Å². The average Bonchev–Trinajstić information content (AvgIpc) is 2.44. The Bertz CT molecular complexity index is 650. The maximum Gasteiger partial charge on any atom is 0.324 e. The number of sulfone groups is 1. The zero-order chi connectivity index (χ0) is 17.5. The molecular weight excluding hydrogens is 320 g/mol. The molecule has 0 spiro atoms. The third-order valence-electron chi connectivity index (χ3n) is 3.09. The van der Waals surface area contributed by atoms with E-state index >= 15 is 0 Å². The molecule has 1 aromatic rings. The number of aryl methyl sites for hydroxylation is 1. The van der Waals surface area contributed by atoms with Gasteiger partial charge in [0, 0.05) is 0 Å². The summed E-state index contributed by atoms with van der Waals surface area (Å²) in [5.41, 5.74) is 1.47. The molecule has 0 saturated heterocycles. The van der Waals surface area contributed by atoms with E-state index in [2.05, 4.69) is 0 Å². The van der Waals surface area contributed by atoms with Gasteiger partial charge in [-0.3, -0.25) is 9.59 Å². The van der Waals surface area contributed by atoms with Crippen LogP contribution in [0.25, 0.3) is 0 Å². The first-order valence-electron chi connectivity index (χ1n) is 7.39. The third-order valence-corrected chi connectivity index (χ3v) is 5.05. The number of benzene rings is 1. The Morgan fingerprint density at radius 2 is 1.78 bits per heavy atom. The molecule has 1 rings (SSSR count). The van der Waals surface area contributed by atoms with Gasteiger partial charge in [-0.05, 0) is 26.3 Å². The van der Waals surface area contributed by atoms with E-state index in [9.17, 15) is 18.0 Å². The molecule has 0 N–H and O–H groups in total. The Kier molecular flexibility index (Phi) is 7.22. The smallest absolute Gasteiger partial charge is 0.324 e. The van der Waals surface area contributed by atoms with Crippen molar-refractivity contribution in [2.45, 2.75) is 38.2 Å².